The van der Waals surface area contributed by atoms with Gasteiger partial charge in [-0.2, -0.15) is 5.10 Å². The van der Waals surface area contributed by atoms with E-state index in [9.17, 15) is 4.79 Å². The summed E-state index contributed by atoms with van der Waals surface area (Å²) in [6, 6.07) is 10.8. The molecule has 0 saturated heterocycles. The fourth-order valence-corrected chi connectivity index (χ4v) is 3.52. The average Bonchev–Trinajstić information content (AvgIpc) is 3.19. The minimum atomic E-state index is -0.176. The number of ether oxygens (including phenoxy) is 2. The van der Waals surface area contributed by atoms with Crippen LogP contribution in [0.4, 0.5) is 0 Å². The summed E-state index contributed by atoms with van der Waals surface area (Å²) >= 11 is 12.2. The van der Waals surface area contributed by atoms with Gasteiger partial charge in [0.1, 0.15) is 13.2 Å². The number of fused-ring (bicyclic) bond motifs is 1. The van der Waals surface area contributed by atoms with Gasteiger partial charge in [-0.3, -0.25) is 9.89 Å². The third-order valence-corrected chi connectivity index (χ3v) is 5.06. The molecule has 1 amide bonds. The summed E-state index contributed by atoms with van der Waals surface area (Å²) in [7, 11) is 1.72. The first-order chi connectivity index (χ1) is 13.5. The molecule has 1 aromatic heterocycles. The minimum absolute atomic E-state index is 0.176. The summed E-state index contributed by atoms with van der Waals surface area (Å²) in [5.74, 6) is 1.17. The van der Waals surface area contributed by atoms with Gasteiger partial charge in [-0.1, -0.05) is 29.3 Å². The Morgan fingerprint density at radius 3 is 2.71 bits per heavy atom. The molecule has 6 nitrogen and oxygen atoms in total. The van der Waals surface area contributed by atoms with Crippen LogP contribution in [0.3, 0.4) is 0 Å². The molecule has 1 aliphatic rings. The van der Waals surface area contributed by atoms with E-state index < -0.39 is 0 Å². The molecule has 3 aromatic rings. The van der Waals surface area contributed by atoms with Crippen molar-refractivity contribution in [3.63, 3.8) is 0 Å². The molecule has 0 aliphatic carbocycles. The number of rotatable bonds is 4. The Hall–Kier alpha value is -2.70. The molecule has 8 heteroatoms. The first-order valence-electron chi connectivity index (χ1n) is 8.65. The third-order valence-electron chi connectivity index (χ3n) is 4.47. The second kappa shape index (κ2) is 7.73. The van der Waals surface area contributed by atoms with Crippen LogP contribution >= 0.6 is 23.2 Å². The number of aromatic amines is 1. The van der Waals surface area contributed by atoms with E-state index in [2.05, 4.69) is 10.2 Å². The molecule has 1 aliphatic heterocycles. The number of amides is 1. The zero-order valence-corrected chi connectivity index (χ0v) is 16.5. The van der Waals surface area contributed by atoms with Gasteiger partial charge in [0.2, 0.25) is 0 Å². The quantitative estimate of drug-likeness (QED) is 0.681. The molecule has 1 N–H and O–H groups in total. The van der Waals surface area contributed by atoms with E-state index in [-0.39, 0.29) is 5.91 Å². The second-order valence-electron chi connectivity index (χ2n) is 6.41. The normalized spacial score (nSPS) is 12.7. The summed E-state index contributed by atoms with van der Waals surface area (Å²) in [5, 5.41) is 8.05. The lowest BCUT2D eigenvalue weighted by molar-refractivity contribution is 0.0786. The van der Waals surface area contributed by atoms with Crippen molar-refractivity contribution in [3.8, 4) is 22.8 Å². The monoisotopic (exact) mass is 417 g/mol. The average molecular weight is 418 g/mol. The molecule has 0 fully saturated rings. The Morgan fingerprint density at radius 1 is 1.14 bits per heavy atom. The number of aromatic nitrogens is 2. The van der Waals surface area contributed by atoms with Gasteiger partial charge in [-0.25, -0.2) is 0 Å². The first kappa shape index (κ1) is 18.7. The Labute approximate surface area is 172 Å². The van der Waals surface area contributed by atoms with Crippen molar-refractivity contribution in [2.24, 2.45) is 0 Å². The van der Waals surface area contributed by atoms with Crippen LogP contribution in [0.1, 0.15) is 15.9 Å². The van der Waals surface area contributed by atoms with Crippen LogP contribution in [0, 0.1) is 0 Å². The zero-order chi connectivity index (χ0) is 19.7. The maximum Gasteiger partial charge on any atom is 0.257 e. The molecule has 0 atom stereocenters. The molecule has 28 heavy (non-hydrogen) atoms. The lowest BCUT2D eigenvalue weighted by atomic mass is 10.1. The molecule has 0 saturated carbocycles. The van der Waals surface area contributed by atoms with E-state index in [4.69, 9.17) is 32.7 Å². The molecular formula is C20H17Cl2N3O3. The van der Waals surface area contributed by atoms with Crippen LogP contribution in [-0.2, 0) is 6.54 Å². The predicted octanol–water partition coefficient (Wildman–Crippen LogP) is 4.43. The van der Waals surface area contributed by atoms with Crippen molar-refractivity contribution in [2.45, 2.75) is 6.54 Å². The van der Waals surface area contributed by atoms with Crippen molar-refractivity contribution < 1.29 is 14.3 Å². The van der Waals surface area contributed by atoms with E-state index in [1.165, 1.54) is 6.20 Å². The number of nitrogens with zero attached hydrogens (tertiary/aromatic N) is 2. The predicted molar refractivity (Wildman–Crippen MR) is 107 cm³/mol. The number of hydrogen-bond acceptors (Lipinski definition) is 4. The fraction of sp³-hybridized carbons (Fsp3) is 0.200. The topological polar surface area (TPSA) is 67.5 Å². The van der Waals surface area contributed by atoms with E-state index in [1.54, 1.807) is 24.1 Å². The van der Waals surface area contributed by atoms with E-state index in [1.807, 2.05) is 24.3 Å². The van der Waals surface area contributed by atoms with Crippen LogP contribution in [0.2, 0.25) is 10.0 Å². The SMILES string of the molecule is CN(Cc1ccc(Cl)cc1Cl)C(=O)c1cn[nH]c1-c1ccc2c(c1)OCCO2. The molecular weight excluding hydrogens is 401 g/mol. The molecule has 0 radical (unpaired) electrons. The molecule has 0 spiro atoms. The molecule has 144 valence electrons. The molecule has 0 unspecified atom stereocenters. The lowest BCUT2D eigenvalue weighted by Crippen LogP contribution is -2.26. The summed E-state index contributed by atoms with van der Waals surface area (Å²) < 4.78 is 11.2. The highest BCUT2D eigenvalue weighted by molar-refractivity contribution is 6.35. The molecule has 4 rings (SSSR count). The maximum absolute atomic E-state index is 13.0. The summed E-state index contributed by atoms with van der Waals surface area (Å²) in [6.45, 7) is 1.37. The number of carbonyl (C=O) groups excluding carboxylic acids is 1. The Bertz CT molecular complexity index is 1040. The summed E-state index contributed by atoms with van der Waals surface area (Å²) in [6.07, 6.45) is 1.52. The second-order valence-corrected chi connectivity index (χ2v) is 7.26. The standard InChI is InChI=1S/C20H17Cl2N3O3/c1-25(11-13-2-4-14(21)9-16(13)22)20(26)15-10-23-24-19(15)12-3-5-17-18(8-12)28-7-6-27-17/h2-5,8-10H,6-7,11H2,1H3,(H,23,24). The van der Waals surface area contributed by atoms with E-state index >= 15 is 0 Å². The van der Waals surface area contributed by atoms with Gasteiger partial charge in [0, 0.05) is 29.2 Å². The van der Waals surface area contributed by atoms with E-state index in [0.717, 1.165) is 11.1 Å². The third kappa shape index (κ3) is 3.66. The highest BCUT2D eigenvalue weighted by atomic mass is 35.5. The minimum Gasteiger partial charge on any atom is -0.486 e. The summed E-state index contributed by atoms with van der Waals surface area (Å²) in [4.78, 5) is 14.6. The number of halogens is 2. The van der Waals surface area contributed by atoms with Gasteiger partial charge in [0.15, 0.2) is 11.5 Å². The van der Waals surface area contributed by atoms with E-state index in [0.29, 0.717) is 52.6 Å². The van der Waals surface area contributed by atoms with Crippen molar-refractivity contribution in [2.75, 3.05) is 20.3 Å². The number of carbonyl (C=O) groups is 1. The first-order valence-corrected chi connectivity index (χ1v) is 9.41. The number of hydrogen-bond donors (Lipinski definition) is 1. The van der Waals surface area contributed by atoms with Crippen molar-refractivity contribution >= 4 is 29.1 Å². The van der Waals surface area contributed by atoms with Crippen molar-refractivity contribution in [3.05, 3.63) is 63.8 Å². The highest BCUT2D eigenvalue weighted by Gasteiger charge is 2.21. The summed E-state index contributed by atoms with van der Waals surface area (Å²) in [5.41, 5.74) is 2.69. The highest BCUT2D eigenvalue weighted by Crippen LogP contribution is 2.35. The number of H-pyrrole nitrogens is 1. The van der Waals surface area contributed by atoms with Crippen molar-refractivity contribution in [1.29, 1.82) is 0 Å². The number of nitrogens with one attached hydrogen (secondary N) is 1. The van der Waals surface area contributed by atoms with Crippen LogP contribution in [0.5, 0.6) is 11.5 Å². The van der Waals surface area contributed by atoms with Crippen molar-refractivity contribution in [1.82, 2.24) is 15.1 Å². The molecule has 2 heterocycles. The number of benzene rings is 2. The van der Waals surface area contributed by atoms with Crippen LogP contribution in [-0.4, -0.2) is 41.3 Å². The smallest absolute Gasteiger partial charge is 0.257 e. The molecule has 2 aromatic carbocycles. The largest absolute Gasteiger partial charge is 0.486 e. The Morgan fingerprint density at radius 2 is 1.93 bits per heavy atom. The van der Waals surface area contributed by atoms with Gasteiger partial charge in [0.05, 0.1) is 17.5 Å². The maximum atomic E-state index is 13.0. The lowest BCUT2D eigenvalue weighted by Gasteiger charge is -2.20. The van der Waals surface area contributed by atoms with Gasteiger partial charge in [0.25, 0.3) is 5.91 Å². The Balaban J connectivity index is 1.58. The van der Waals surface area contributed by atoms with Gasteiger partial charge >= 0.3 is 0 Å². The van der Waals surface area contributed by atoms with Gasteiger partial charge < -0.3 is 14.4 Å². The van der Waals surface area contributed by atoms with Crippen LogP contribution < -0.4 is 9.47 Å². The Kier molecular flexibility index (Phi) is 5.15. The van der Waals surface area contributed by atoms with Crippen LogP contribution in [0.25, 0.3) is 11.3 Å². The van der Waals surface area contributed by atoms with Gasteiger partial charge in [-0.05, 0) is 35.9 Å². The van der Waals surface area contributed by atoms with Crippen LogP contribution in [0.15, 0.2) is 42.6 Å². The van der Waals surface area contributed by atoms with Gasteiger partial charge in [-0.15, -0.1) is 0 Å². The molecule has 0 bridgehead atoms. The zero-order valence-electron chi connectivity index (χ0n) is 15.0. The fourth-order valence-electron chi connectivity index (χ4n) is 3.05.